The summed E-state index contributed by atoms with van der Waals surface area (Å²) in [6, 6.07) is 6.76. The quantitative estimate of drug-likeness (QED) is 0.465. The first-order valence-electron chi connectivity index (χ1n) is 10.7. The molecule has 0 amide bonds. The molecule has 2 heterocycles. The summed E-state index contributed by atoms with van der Waals surface area (Å²) in [6.07, 6.45) is 6.10. The van der Waals surface area contributed by atoms with Crippen molar-refractivity contribution in [3.63, 3.8) is 0 Å². The summed E-state index contributed by atoms with van der Waals surface area (Å²) in [6.45, 7) is 3.24. The van der Waals surface area contributed by atoms with Crippen LogP contribution in [0.3, 0.4) is 0 Å². The number of halogens is 1. The fourth-order valence-corrected chi connectivity index (χ4v) is 4.33. The van der Waals surface area contributed by atoms with Gasteiger partial charge in [0.2, 0.25) is 5.95 Å². The lowest BCUT2D eigenvalue weighted by Gasteiger charge is -2.41. The van der Waals surface area contributed by atoms with Gasteiger partial charge in [-0.25, -0.2) is 14.8 Å². The molecule has 9 heteroatoms. The monoisotopic (exact) mass is 455 g/mol. The minimum absolute atomic E-state index is 0.0191. The summed E-state index contributed by atoms with van der Waals surface area (Å²) in [7, 11) is 1.72. The third-order valence-corrected chi connectivity index (χ3v) is 6.71. The molecule has 0 bridgehead atoms. The van der Waals surface area contributed by atoms with E-state index in [9.17, 15) is 14.7 Å². The summed E-state index contributed by atoms with van der Waals surface area (Å²) in [5.74, 6) is -0.388. The first kappa shape index (κ1) is 22.1. The molecule has 0 unspecified atom stereocenters. The van der Waals surface area contributed by atoms with Crippen LogP contribution in [0, 0.1) is 5.41 Å². The highest BCUT2D eigenvalue weighted by Gasteiger charge is 2.35. The Bertz CT molecular complexity index is 1230. The third-order valence-electron chi connectivity index (χ3n) is 6.51. The molecule has 1 aromatic carbocycles. The largest absolute Gasteiger partial charge is 0.478 e. The number of benzene rings is 1. The molecule has 168 valence electrons. The molecule has 0 atom stereocenters. The maximum atomic E-state index is 13.0. The Hall–Kier alpha value is -3.13. The van der Waals surface area contributed by atoms with Crippen molar-refractivity contribution < 1.29 is 9.90 Å². The zero-order valence-electron chi connectivity index (χ0n) is 18.1. The Morgan fingerprint density at radius 3 is 2.75 bits per heavy atom. The molecule has 1 saturated carbocycles. The van der Waals surface area contributed by atoms with Crippen molar-refractivity contribution in [1.82, 2.24) is 14.5 Å². The number of hydrogen-bond donors (Lipinski definition) is 3. The van der Waals surface area contributed by atoms with E-state index in [0.717, 1.165) is 18.5 Å². The fourth-order valence-electron chi connectivity index (χ4n) is 4.18. The van der Waals surface area contributed by atoms with Gasteiger partial charge in [0.25, 0.3) is 5.56 Å². The van der Waals surface area contributed by atoms with Crippen LogP contribution in [0.25, 0.3) is 10.9 Å². The molecule has 3 N–H and O–H groups in total. The average Bonchev–Trinajstić information content (AvgIpc) is 2.75. The van der Waals surface area contributed by atoms with Crippen molar-refractivity contribution in [2.75, 3.05) is 17.2 Å². The van der Waals surface area contributed by atoms with Crippen LogP contribution in [0.4, 0.5) is 11.8 Å². The number of para-hydroxylation sites is 1. The van der Waals surface area contributed by atoms with Gasteiger partial charge in [0.15, 0.2) is 0 Å². The van der Waals surface area contributed by atoms with E-state index in [4.69, 9.17) is 16.6 Å². The molecule has 0 aliphatic heterocycles. The first-order chi connectivity index (χ1) is 15.3. The third kappa shape index (κ3) is 4.14. The maximum absolute atomic E-state index is 13.0. The predicted molar refractivity (Wildman–Crippen MR) is 126 cm³/mol. The van der Waals surface area contributed by atoms with Crippen molar-refractivity contribution >= 4 is 40.2 Å². The van der Waals surface area contributed by atoms with Crippen LogP contribution in [-0.4, -0.2) is 32.2 Å². The molecule has 3 aromatic rings. The van der Waals surface area contributed by atoms with Gasteiger partial charge in [-0.05, 0) is 42.4 Å². The van der Waals surface area contributed by atoms with E-state index in [1.54, 1.807) is 23.7 Å². The van der Waals surface area contributed by atoms with Gasteiger partial charge in [-0.1, -0.05) is 37.1 Å². The van der Waals surface area contributed by atoms with Crippen molar-refractivity contribution in [3.8, 4) is 0 Å². The van der Waals surface area contributed by atoms with Crippen LogP contribution < -0.4 is 16.2 Å². The van der Waals surface area contributed by atoms with Crippen molar-refractivity contribution in [1.29, 1.82) is 0 Å². The Morgan fingerprint density at radius 1 is 1.31 bits per heavy atom. The number of aromatic carboxylic acids is 1. The van der Waals surface area contributed by atoms with Gasteiger partial charge < -0.3 is 15.7 Å². The summed E-state index contributed by atoms with van der Waals surface area (Å²) in [5.41, 5.74) is 1.48. The molecule has 0 radical (unpaired) electrons. The molecule has 32 heavy (non-hydrogen) atoms. The zero-order valence-corrected chi connectivity index (χ0v) is 18.9. The van der Waals surface area contributed by atoms with Gasteiger partial charge in [-0.15, -0.1) is 0 Å². The maximum Gasteiger partial charge on any atom is 0.339 e. The molecule has 1 fully saturated rings. The summed E-state index contributed by atoms with van der Waals surface area (Å²) in [5, 5.41) is 16.6. The van der Waals surface area contributed by atoms with Crippen molar-refractivity contribution in [3.05, 3.63) is 57.0 Å². The molecule has 0 spiro atoms. The molecule has 4 rings (SSSR count). The Morgan fingerprint density at radius 2 is 2.09 bits per heavy atom. The SMILES string of the molecule is CCC1(CNc2nc3c(CNc4ncc(Cl)cc4C(=O)O)cccc3c(=O)n2C)CCC1. The molecular formula is C23H26ClN5O3. The number of aromatic nitrogens is 3. The van der Waals surface area contributed by atoms with Gasteiger partial charge in [-0.3, -0.25) is 9.36 Å². The molecule has 1 aliphatic rings. The van der Waals surface area contributed by atoms with Crippen molar-refractivity contribution in [2.45, 2.75) is 39.2 Å². The fraction of sp³-hybridized carbons (Fsp3) is 0.391. The normalized spacial score (nSPS) is 14.7. The van der Waals surface area contributed by atoms with Gasteiger partial charge in [0.05, 0.1) is 15.9 Å². The van der Waals surface area contributed by atoms with E-state index in [1.165, 1.54) is 31.5 Å². The van der Waals surface area contributed by atoms with Gasteiger partial charge >= 0.3 is 5.97 Å². The van der Waals surface area contributed by atoms with Crippen LogP contribution in [0.2, 0.25) is 5.02 Å². The molecule has 0 saturated heterocycles. The topological polar surface area (TPSA) is 109 Å². The lowest BCUT2D eigenvalue weighted by molar-refractivity contribution is 0.0697. The second-order valence-electron chi connectivity index (χ2n) is 8.38. The lowest BCUT2D eigenvalue weighted by Crippen LogP contribution is -2.37. The number of carboxylic acid groups (broad SMARTS) is 1. The van der Waals surface area contributed by atoms with E-state index in [1.807, 2.05) is 6.07 Å². The standard InChI is InChI=1S/C23H26ClN5O3/c1-3-23(8-5-9-23)13-27-22-28-18-14(6-4-7-16(18)20(30)29(22)2)11-25-19-17(21(31)32)10-15(24)12-26-19/h4,6-7,10,12H,3,5,8-9,11,13H2,1-2H3,(H,25,26)(H,27,28)(H,31,32). The Kier molecular flexibility index (Phi) is 6.06. The Labute approximate surface area is 190 Å². The zero-order chi connectivity index (χ0) is 22.9. The number of nitrogens with zero attached hydrogens (tertiary/aromatic N) is 3. The summed E-state index contributed by atoms with van der Waals surface area (Å²) < 4.78 is 1.55. The molecule has 8 nitrogen and oxygen atoms in total. The molecule has 2 aromatic heterocycles. The lowest BCUT2D eigenvalue weighted by atomic mass is 9.67. The summed E-state index contributed by atoms with van der Waals surface area (Å²) in [4.78, 5) is 33.4. The van der Waals surface area contributed by atoms with E-state index in [2.05, 4.69) is 22.5 Å². The minimum atomic E-state index is -1.13. The highest BCUT2D eigenvalue weighted by molar-refractivity contribution is 6.30. The minimum Gasteiger partial charge on any atom is -0.478 e. The number of carbonyl (C=O) groups is 1. The highest BCUT2D eigenvalue weighted by atomic mass is 35.5. The van der Waals surface area contributed by atoms with Gasteiger partial charge in [-0.2, -0.15) is 0 Å². The first-order valence-corrected chi connectivity index (χ1v) is 11.1. The van der Waals surface area contributed by atoms with Crippen molar-refractivity contribution in [2.24, 2.45) is 12.5 Å². The van der Waals surface area contributed by atoms with E-state index in [-0.39, 0.29) is 33.9 Å². The Balaban J connectivity index is 1.65. The number of rotatable bonds is 8. The van der Waals surface area contributed by atoms with Crippen LogP contribution in [0.15, 0.2) is 35.3 Å². The van der Waals surface area contributed by atoms with E-state index < -0.39 is 5.97 Å². The number of hydrogen-bond acceptors (Lipinski definition) is 6. The number of pyridine rings is 1. The molecular weight excluding hydrogens is 430 g/mol. The van der Waals surface area contributed by atoms with Crippen LogP contribution >= 0.6 is 11.6 Å². The average molecular weight is 456 g/mol. The second-order valence-corrected chi connectivity index (χ2v) is 8.82. The van der Waals surface area contributed by atoms with E-state index >= 15 is 0 Å². The molecule has 1 aliphatic carbocycles. The van der Waals surface area contributed by atoms with Crippen LogP contribution in [0.5, 0.6) is 0 Å². The second kappa shape index (κ2) is 8.78. The van der Waals surface area contributed by atoms with Crippen LogP contribution in [-0.2, 0) is 13.6 Å². The predicted octanol–water partition coefficient (Wildman–Crippen LogP) is 4.28. The number of anilines is 2. The van der Waals surface area contributed by atoms with Gasteiger partial charge in [0.1, 0.15) is 11.4 Å². The number of carboxylic acids is 1. The number of nitrogens with one attached hydrogen (secondary N) is 2. The van der Waals surface area contributed by atoms with E-state index in [0.29, 0.717) is 16.9 Å². The van der Waals surface area contributed by atoms with Crippen LogP contribution in [0.1, 0.15) is 48.5 Å². The highest BCUT2D eigenvalue weighted by Crippen LogP contribution is 2.43. The smallest absolute Gasteiger partial charge is 0.339 e. The summed E-state index contributed by atoms with van der Waals surface area (Å²) >= 11 is 5.89. The van der Waals surface area contributed by atoms with Gasteiger partial charge in [0, 0.05) is 26.3 Å². The number of fused-ring (bicyclic) bond motifs is 1.